The molecule has 0 aromatic carbocycles. The zero-order valence-electron chi connectivity index (χ0n) is 25.4. The normalized spacial score (nSPS) is 31.8. The molecule has 3 aliphatic rings. The maximum atomic E-state index is 8.96. The van der Waals surface area contributed by atoms with E-state index in [1.807, 2.05) is 55.4 Å². The zero-order valence-corrected chi connectivity index (χ0v) is 25.4. The van der Waals surface area contributed by atoms with E-state index in [1.165, 1.54) is 0 Å². The average molecular weight is 589 g/mol. The molecule has 0 spiro atoms. The molecule has 3 heterocycles. The largest absolute Gasteiger partial charge is 0.394 e. The van der Waals surface area contributed by atoms with Gasteiger partial charge in [0.25, 0.3) is 0 Å². The zero-order chi connectivity index (χ0) is 31.1. The van der Waals surface area contributed by atoms with E-state index in [9.17, 15) is 0 Å². The fraction of sp³-hybridized carbons (Fsp3) is 1.00. The molecule has 14 heteroatoms. The lowest BCUT2D eigenvalue weighted by Crippen LogP contribution is -2.46. The van der Waals surface area contributed by atoms with E-state index in [1.54, 1.807) is 14.2 Å². The molecule has 0 bridgehead atoms. The molecule has 0 aliphatic carbocycles. The van der Waals surface area contributed by atoms with Crippen molar-refractivity contribution < 1.29 is 68.5 Å². The van der Waals surface area contributed by atoms with Gasteiger partial charge in [-0.15, -0.1) is 0 Å². The second-order valence-electron chi connectivity index (χ2n) is 11.6. The molecule has 240 valence electrons. The van der Waals surface area contributed by atoms with Gasteiger partial charge in [0, 0.05) is 14.2 Å². The van der Waals surface area contributed by atoms with Crippen LogP contribution in [0.3, 0.4) is 0 Å². The van der Waals surface area contributed by atoms with Crippen LogP contribution in [0.5, 0.6) is 0 Å². The smallest absolute Gasteiger partial charge is 0.164 e. The monoisotopic (exact) mass is 588 g/mol. The van der Waals surface area contributed by atoms with Crippen LogP contribution >= 0.6 is 0 Å². The lowest BCUT2D eigenvalue weighted by molar-refractivity contribution is -0.178. The van der Waals surface area contributed by atoms with Crippen LogP contribution in [0.1, 0.15) is 55.4 Å². The Morgan fingerprint density at radius 3 is 1.18 bits per heavy atom. The van der Waals surface area contributed by atoms with Crippen LogP contribution in [-0.2, 0) is 37.9 Å². The summed E-state index contributed by atoms with van der Waals surface area (Å²) in [6, 6.07) is 0. The highest BCUT2D eigenvalue weighted by Crippen LogP contribution is 2.39. The van der Waals surface area contributed by atoms with Crippen molar-refractivity contribution in [3.05, 3.63) is 0 Å². The van der Waals surface area contributed by atoms with Crippen molar-refractivity contribution in [1.82, 2.24) is 0 Å². The summed E-state index contributed by atoms with van der Waals surface area (Å²) < 4.78 is 45.0. The lowest BCUT2D eigenvalue weighted by Gasteiger charge is -2.26. The minimum absolute atomic E-state index is 0.168. The van der Waals surface area contributed by atoms with Crippen LogP contribution in [0.15, 0.2) is 0 Å². The Morgan fingerprint density at radius 1 is 0.650 bits per heavy atom. The maximum absolute atomic E-state index is 8.96. The standard InChI is InChI=1S/C15H26O6.C6H14O6.C5H12O2/c1-13(2)16-7-9(18-13)11-12(21-15(5,6)20-11)10-8-17-14(3,4)19-10;7-1-3(9)5(11)6(12)4(10)2-8;1-5(2,6-3)7-4/h9-12H,7-8H2,1-6H3;3-12H,1-2H2;1-4H3/t;3-,4+,5-,6-;/m.1./s1. The number of aliphatic hydroxyl groups excluding tert-OH is 6. The van der Waals surface area contributed by atoms with E-state index in [0.29, 0.717) is 13.2 Å². The SMILES string of the molecule is CC1(C)OCC(C2OC(C)(C)OC2C2COC(C)(C)O2)O1.COC(C)(C)OC.OC[C@@H](O)[C@@H](O)[C@H](O)[C@@H](O)CO. The second kappa shape index (κ2) is 15.3. The molecular weight excluding hydrogens is 536 g/mol. The van der Waals surface area contributed by atoms with Crippen LogP contribution in [-0.4, -0.2) is 143 Å². The molecule has 0 saturated carbocycles. The molecule has 3 rings (SSSR count). The Morgan fingerprint density at radius 2 is 0.975 bits per heavy atom. The first-order valence-electron chi connectivity index (χ1n) is 13.3. The first-order chi connectivity index (χ1) is 18.2. The summed E-state index contributed by atoms with van der Waals surface area (Å²) in [6.45, 7) is 14.7. The van der Waals surface area contributed by atoms with Crippen LogP contribution in [0.25, 0.3) is 0 Å². The van der Waals surface area contributed by atoms with Crippen molar-refractivity contribution in [2.24, 2.45) is 0 Å². The third-order valence-corrected chi connectivity index (χ3v) is 6.45. The molecule has 6 N–H and O–H groups in total. The van der Waals surface area contributed by atoms with E-state index in [0.717, 1.165) is 0 Å². The summed E-state index contributed by atoms with van der Waals surface area (Å²) in [6.07, 6.45) is -7.19. The molecule has 40 heavy (non-hydrogen) atoms. The van der Waals surface area contributed by atoms with E-state index in [4.69, 9.17) is 68.5 Å². The molecule has 3 saturated heterocycles. The third-order valence-electron chi connectivity index (χ3n) is 6.45. The highest BCUT2D eigenvalue weighted by molar-refractivity contribution is 4.96. The fourth-order valence-corrected chi connectivity index (χ4v) is 3.90. The molecule has 0 amide bonds. The van der Waals surface area contributed by atoms with Gasteiger partial charge in [0.15, 0.2) is 23.1 Å². The van der Waals surface area contributed by atoms with Crippen molar-refractivity contribution in [2.45, 2.75) is 127 Å². The van der Waals surface area contributed by atoms with Crippen molar-refractivity contribution in [3.8, 4) is 0 Å². The van der Waals surface area contributed by atoms with E-state index in [-0.39, 0.29) is 24.4 Å². The Kier molecular flexibility index (Phi) is 14.3. The maximum Gasteiger partial charge on any atom is 0.164 e. The fourth-order valence-electron chi connectivity index (χ4n) is 3.90. The van der Waals surface area contributed by atoms with Gasteiger partial charge in [-0.25, -0.2) is 0 Å². The number of hydrogen-bond donors (Lipinski definition) is 6. The molecule has 0 aromatic rings. The molecule has 0 aromatic heterocycles. The number of methoxy groups -OCH3 is 2. The number of ether oxygens (including phenoxy) is 8. The lowest BCUT2D eigenvalue weighted by atomic mass is 10.0. The highest BCUT2D eigenvalue weighted by atomic mass is 16.8. The molecule has 3 aliphatic heterocycles. The van der Waals surface area contributed by atoms with Crippen molar-refractivity contribution >= 4 is 0 Å². The molecular formula is C26H52O14. The average Bonchev–Trinajstić information content (AvgIpc) is 3.55. The molecule has 14 nitrogen and oxygen atoms in total. The first-order valence-corrected chi connectivity index (χ1v) is 13.3. The van der Waals surface area contributed by atoms with Gasteiger partial charge in [-0.1, -0.05) is 0 Å². The predicted molar refractivity (Wildman–Crippen MR) is 140 cm³/mol. The highest BCUT2D eigenvalue weighted by Gasteiger charge is 2.54. The van der Waals surface area contributed by atoms with Gasteiger partial charge in [0.2, 0.25) is 0 Å². The van der Waals surface area contributed by atoms with Gasteiger partial charge in [0.1, 0.15) is 48.8 Å². The third kappa shape index (κ3) is 11.6. The second-order valence-corrected chi connectivity index (χ2v) is 11.6. The van der Waals surface area contributed by atoms with E-state index >= 15 is 0 Å². The van der Waals surface area contributed by atoms with Crippen LogP contribution in [0.2, 0.25) is 0 Å². The quantitative estimate of drug-likeness (QED) is 0.184. The van der Waals surface area contributed by atoms with Crippen LogP contribution in [0, 0.1) is 0 Å². The van der Waals surface area contributed by atoms with Crippen LogP contribution in [0.4, 0.5) is 0 Å². The summed E-state index contributed by atoms with van der Waals surface area (Å²) in [5.74, 6) is -2.25. The minimum Gasteiger partial charge on any atom is -0.394 e. The molecule has 0 radical (unpaired) electrons. The Balaban J connectivity index is 0.000000357. The van der Waals surface area contributed by atoms with E-state index in [2.05, 4.69) is 0 Å². The number of aliphatic hydroxyl groups is 6. The summed E-state index contributed by atoms with van der Waals surface area (Å²) in [5, 5.41) is 52.2. The number of rotatable bonds is 9. The van der Waals surface area contributed by atoms with Crippen molar-refractivity contribution in [3.63, 3.8) is 0 Å². The van der Waals surface area contributed by atoms with Gasteiger partial charge < -0.3 is 68.5 Å². The van der Waals surface area contributed by atoms with Crippen molar-refractivity contribution in [1.29, 1.82) is 0 Å². The van der Waals surface area contributed by atoms with Gasteiger partial charge in [-0.2, -0.15) is 0 Å². The number of hydrogen-bond acceptors (Lipinski definition) is 14. The molecule has 3 fully saturated rings. The first kappa shape index (κ1) is 37.5. The topological polar surface area (TPSA) is 195 Å². The molecule has 8 atom stereocenters. The predicted octanol–water partition coefficient (Wildman–Crippen LogP) is -0.761. The Bertz CT molecular complexity index is 674. The summed E-state index contributed by atoms with van der Waals surface area (Å²) in [4.78, 5) is 0. The Labute approximate surface area is 237 Å². The minimum atomic E-state index is -1.67. The van der Waals surface area contributed by atoms with E-state index < -0.39 is 60.8 Å². The van der Waals surface area contributed by atoms with Gasteiger partial charge in [0.05, 0.1) is 26.4 Å². The van der Waals surface area contributed by atoms with Crippen molar-refractivity contribution in [2.75, 3.05) is 40.6 Å². The summed E-state index contributed by atoms with van der Waals surface area (Å²) in [7, 11) is 3.23. The summed E-state index contributed by atoms with van der Waals surface area (Å²) >= 11 is 0. The van der Waals surface area contributed by atoms with Crippen LogP contribution < -0.4 is 0 Å². The van der Waals surface area contributed by atoms with Gasteiger partial charge in [-0.05, 0) is 55.4 Å². The summed E-state index contributed by atoms with van der Waals surface area (Å²) in [5.41, 5.74) is 0. The van der Waals surface area contributed by atoms with Gasteiger partial charge in [-0.3, -0.25) is 0 Å². The molecule has 4 unspecified atom stereocenters. The Hall–Kier alpha value is -0.560. The van der Waals surface area contributed by atoms with Gasteiger partial charge >= 0.3 is 0 Å².